The topological polar surface area (TPSA) is 122 Å². The molecule has 1 aliphatic heterocycles. The maximum absolute atomic E-state index is 13.0. The summed E-state index contributed by atoms with van der Waals surface area (Å²) in [5, 5.41) is 9.77. The third-order valence-electron chi connectivity index (χ3n) is 10.3. The molecule has 5 atom stereocenters. The molecule has 3 aliphatic rings. The van der Waals surface area contributed by atoms with Crippen molar-refractivity contribution in [3.05, 3.63) is 83.4 Å². The minimum Gasteiger partial charge on any atom is -0.465 e. The highest BCUT2D eigenvalue weighted by Gasteiger charge is 2.44. The Morgan fingerprint density at radius 1 is 0.679 bits per heavy atom. The number of aryl methyl sites for hydroxylation is 1. The number of rotatable bonds is 18. The van der Waals surface area contributed by atoms with E-state index in [9.17, 15) is 14.7 Å². The molecule has 3 fully saturated rings. The molecule has 53 heavy (non-hydrogen) atoms. The number of carbonyl (C=O) groups excluding carboxylic acids is 2. The molecule has 2 aliphatic carbocycles. The monoisotopic (exact) mass is 730 g/mol. The lowest BCUT2D eigenvalue weighted by atomic mass is 9.88. The quantitative estimate of drug-likeness (QED) is 0.0589. The Bertz CT molecular complexity index is 1610. The maximum atomic E-state index is 13.0. The fraction of sp³-hybridized carbons (Fsp3) is 0.535. The van der Waals surface area contributed by atoms with E-state index in [1.165, 1.54) is 0 Å². The van der Waals surface area contributed by atoms with E-state index in [4.69, 9.17) is 33.2 Å². The zero-order valence-corrected chi connectivity index (χ0v) is 31.2. The van der Waals surface area contributed by atoms with Crippen molar-refractivity contribution in [2.45, 2.75) is 122 Å². The summed E-state index contributed by atoms with van der Waals surface area (Å²) in [6.07, 6.45) is 10.2. The van der Waals surface area contributed by atoms with Gasteiger partial charge in [0.05, 0.1) is 42.7 Å². The maximum Gasteiger partial charge on any atom is 0.343 e. The summed E-state index contributed by atoms with van der Waals surface area (Å²) in [7, 11) is 0. The van der Waals surface area contributed by atoms with E-state index in [1.54, 1.807) is 73.7 Å². The van der Waals surface area contributed by atoms with E-state index < -0.39 is 11.9 Å². The average molecular weight is 731 g/mol. The smallest absolute Gasteiger partial charge is 0.343 e. The Morgan fingerprint density at radius 2 is 1.21 bits per heavy atom. The van der Waals surface area contributed by atoms with Crippen LogP contribution < -0.4 is 18.9 Å². The van der Waals surface area contributed by atoms with E-state index in [2.05, 4.69) is 13.8 Å². The molecule has 0 amide bonds. The molecule has 6 rings (SSSR count). The standard InChI is InChI=1S/C43H54O10/c1-4-6-40(47-26-29-8-15-33(44)16-9-29)49-34-17-11-31(12-18-34)42(45)51-36-21-23-37(28(3)24-36)53-43(46)32-13-19-35(20-14-32)50-41(7-5-2)48-27-30-10-22-38-39(25-30)52-38/h11-14,17-21,23-24,29-30,33,38-41,44H,4-10,15-16,22,25-27H2,1-3H3. The van der Waals surface area contributed by atoms with Crippen LogP contribution >= 0.6 is 0 Å². The van der Waals surface area contributed by atoms with Crippen molar-refractivity contribution in [2.24, 2.45) is 11.8 Å². The molecule has 3 aromatic carbocycles. The van der Waals surface area contributed by atoms with Crippen molar-refractivity contribution in [3.63, 3.8) is 0 Å². The Hall–Kier alpha value is -3.96. The number of hydrogen-bond donors (Lipinski definition) is 1. The van der Waals surface area contributed by atoms with Crippen molar-refractivity contribution in [3.8, 4) is 23.0 Å². The number of aliphatic hydroxyl groups is 1. The first-order chi connectivity index (χ1) is 25.8. The molecule has 0 bridgehead atoms. The minimum absolute atomic E-state index is 0.189. The van der Waals surface area contributed by atoms with Crippen LogP contribution in [0.15, 0.2) is 66.7 Å². The van der Waals surface area contributed by atoms with Crippen molar-refractivity contribution in [1.29, 1.82) is 0 Å². The number of benzene rings is 3. The molecule has 3 aromatic rings. The highest BCUT2D eigenvalue weighted by molar-refractivity contribution is 5.92. The molecule has 0 aromatic heterocycles. The Kier molecular flexibility index (Phi) is 13.8. The summed E-state index contributed by atoms with van der Waals surface area (Å²) in [4.78, 5) is 25.9. The fourth-order valence-electron chi connectivity index (χ4n) is 7.03. The third kappa shape index (κ3) is 11.5. The summed E-state index contributed by atoms with van der Waals surface area (Å²) in [6, 6.07) is 18.5. The van der Waals surface area contributed by atoms with Crippen LogP contribution in [0.2, 0.25) is 0 Å². The third-order valence-corrected chi connectivity index (χ3v) is 10.3. The Labute approximate surface area is 313 Å². The Balaban J connectivity index is 0.955. The summed E-state index contributed by atoms with van der Waals surface area (Å²) >= 11 is 0. The van der Waals surface area contributed by atoms with E-state index >= 15 is 0 Å². The average Bonchev–Trinajstić information content (AvgIpc) is 3.94. The second-order valence-electron chi connectivity index (χ2n) is 14.7. The van der Waals surface area contributed by atoms with Crippen LogP contribution in [0, 0.1) is 18.8 Å². The van der Waals surface area contributed by atoms with Gasteiger partial charge in [0.2, 0.25) is 0 Å². The molecule has 1 N–H and O–H groups in total. The Morgan fingerprint density at radius 3 is 1.75 bits per heavy atom. The van der Waals surface area contributed by atoms with Gasteiger partial charge in [0.25, 0.3) is 0 Å². The number of esters is 2. The molecule has 2 saturated carbocycles. The van der Waals surface area contributed by atoms with Crippen LogP contribution in [0.1, 0.15) is 111 Å². The van der Waals surface area contributed by atoms with Crippen LogP contribution in [-0.2, 0) is 14.2 Å². The van der Waals surface area contributed by atoms with Crippen molar-refractivity contribution in [1.82, 2.24) is 0 Å². The van der Waals surface area contributed by atoms with Gasteiger partial charge in [-0.1, -0.05) is 26.7 Å². The zero-order chi connectivity index (χ0) is 37.2. The first-order valence-electron chi connectivity index (χ1n) is 19.4. The number of fused-ring (bicyclic) bond motifs is 1. The van der Waals surface area contributed by atoms with Gasteiger partial charge >= 0.3 is 11.9 Å². The number of ether oxygens (including phenoxy) is 7. The number of aliphatic hydroxyl groups excluding tert-OH is 1. The number of carbonyl (C=O) groups is 2. The normalized spacial score (nSPS) is 23.3. The number of epoxide rings is 1. The lowest BCUT2D eigenvalue weighted by molar-refractivity contribution is -0.101. The van der Waals surface area contributed by atoms with Crippen molar-refractivity contribution in [2.75, 3.05) is 13.2 Å². The molecule has 10 heteroatoms. The second kappa shape index (κ2) is 18.9. The second-order valence-corrected chi connectivity index (χ2v) is 14.7. The van der Waals surface area contributed by atoms with Crippen LogP contribution in [0.3, 0.4) is 0 Å². The number of hydrogen-bond acceptors (Lipinski definition) is 10. The predicted molar refractivity (Wildman–Crippen MR) is 198 cm³/mol. The molecule has 5 unspecified atom stereocenters. The van der Waals surface area contributed by atoms with Crippen LogP contribution in [0.25, 0.3) is 0 Å². The molecule has 1 saturated heterocycles. The molecule has 1 heterocycles. The SMILES string of the molecule is CCCC(OCC1CCC(O)CC1)Oc1ccc(C(=O)Oc2ccc(OC(=O)c3ccc(OC(CCC)OCC4CCC5OC5C4)cc3)c(C)c2)cc1. The highest BCUT2D eigenvalue weighted by Crippen LogP contribution is 2.39. The lowest BCUT2D eigenvalue weighted by Crippen LogP contribution is -2.27. The molecule has 10 nitrogen and oxygen atoms in total. The summed E-state index contributed by atoms with van der Waals surface area (Å²) in [5.41, 5.74) is 1.39. The fourth-order valence-corrected chi connectivity index (χ4v) is 7.03. The van der Waals surface area contributed by atoms with Crippen LogP contribution in [0.5, 0.6) is 23.0 Å². The van der Waals surface area contributed by atoms with Gasteiger partial charge in [0.1, 0.15) is 23.0 Å². The summed E-state index contributed by atoms with van der Waals surface area (Å²) in [6.45, 7) is 7.23. The molecular formula is C43H54O10. The van der Waals surface area contributed by atoms with E-state index in [0.29, 0.717) is 76.9 Å². The van der Waals surface area contributed by atoms with E-state index in [0.717, 1.165) is 70.6 Å². The lowest BCUT2D eigenvalue weighted by Gasteiger charge is -2.27. The van der Waals surface area contributed by atoms with Gasteiger partial charge in [0.15, 0.2) is 12.6 Å². The van der Waals surface area contributed by atoms with Gasteiger partial charge in [0, 0.05) is 12.8 Å². The van der Waals surface area contributed by atoms with Crippen molar-refractivity contribution < 1.29 is 47.9 Å². The molecule has 0 spiro atoms. The van der Waals surface area contributed by atoms with Gasteiger partial charge in [-0.2, -0.15) is 0 Å². The van der Waals surface area contributed by atoms with Gasteiger partial charge in [-0.3, -0.25) is 0 Å². The van der Waals surface area contributed by atoms with Crippen LogP contribution in [-0.4, -0.2) is 61.2 Å². The van der Waals surface area contributed by atoms with E-state index in [1.807, 2.05) is 0 Å². The highest BCUT2D eigenvalue weighted by atomic mass is 16.7. The van der Waals surface area contributed by atoms with Gasteiger partial charge in [-0.25, -0.2) is 9.59 Å². The summed E-state index contributed by atoms with van der Waals surface area (Å²) in [5.74, 6) is 1.84. The largest absolute Gasteiger partial charge is 0.465 e. The molecule has 0 radical (unpaired) electrons. The predicted octanol–water partition coefficient (Wildman–Crippen LogP) is 8.60. The zero-order valence-electron chi connectivity index (χ0n) is 31.2. The van der Waals surface area contributed by atoms with Crippen molar-refractivity contribution >= 4 is 11.9 Å². The van der Waals surface area contributed by atoms with Gasteiger partial charge in [-0.15, -0.1) is 0 Å². The molecule has 286 valence electrons. The molecular weight excluding hydrogens is 676 g/mol. The van der Waals surface area contributed by atoms with Crippen LogP contribution in [0.4, 0.5) is 0 Å². The van der Waals surface area contributed by atoms with Gasteiger partial charge < -0.3 is 38.3 Å². The first kappa shape index (κ1) is 38.8. The minimum atomic E-state index is -0.518. The van der Waals surface area contributed by atoms with Gasteiger partial charge in [-0.05, 0) is 136 Å². The summed E-state index contributed by atoms with van der Waals surface area (Å²) < 4.78 is 41.4. The first-order valence-corrected chi connectivity index (χ1v) is 19.4. The van der Waals surface area contributed by atoms with E-state index in [-0.39, 0.29) is 18.7 Å².